The number of sulfonamides is 1. The van der Waals surface area contributed by atoms with Gasteiger partial charge in [-0.15, -0.1) is 0 Å². The van der Waals surface area contributed by atoms with Crippen molar-refractivity contribution in [3.05, 3.63) is 35.9 Å². The van der Waals surface area contributed by atoms with E-state index in [-0.39, 0.29) is 29.9 Å². The standard InChI is InChI=1S/C19H28N2O4S/c1-2-26(24,25)21-14-7-6-11-17(15-21)20-19(23)13-8-12-18(22)16-9-4-3-5-10-16/h3-5,9-10,17H,2,6-8,11-15H2,1H3,(H,20,23). The summed E-state index contributed by atoms with van der Waals surface area (Å²) in [6.45, 7) is 2.50. The van der Waals surface area contributed by atoms with Crippen LogP contribution in [0.2, 0.25) is 0 Å². The summed E-state index contributed by atoms with van der Waals surface area (Å²) < 4.78 is 25.7. The molecule has 1 fully saturated rings. The number of nitrogens with zero attached hydrogens (tertiary/aromatic N) is 1. The summed E-state index contributed by atoms with van der Waals surface area (Å²) >= 11 is 0. The number of rotatable bonds is 8. The van der Waals surface area contributed by atoms with Gasteiger partial charge in [0, 0.05) is 37.5 Å². The van der Waals surface area contributed by atoms with E-state index in [1.54, 1.807) is 19.1 Å². The highest BCUT2D eigenvalue weighted by Crippen LogP contribution is 2.15. The third kappa shape index (κ3) is 6.21. The molecule has 0 aliphatic carbocycles. The van der Waals surface area contributed by atoms with Crippen molar-refractivity contribution >= 4 is 21.7 Å². The molecule has 1 amide bonds. The van der Waals surface area contributed by atoms with E-state index in [2.05, 4.69) is 5.32 Å². The molecule has 0 aromatic heterocycles. The SMILES string of the molecule is CCS(=O)(=O)N1CCCCC(NC(=O)CCCC(=O)c2ccccc2)C1. The average molecular weight is 381 g/mol. The summed E-state index contributed by atoms with van der Waals surface area (Å²) in [5.74, 6) is -0.00499. The van der Waals surface area contributed by atoms with Gasteiger partial charge in [0.15, 0.2) is 5.78 Å². The topological polar surface area (TPSA) is 83.6 Å². The number of carbonyl (C=O) groups is 2. The molecule has 1 atom stereocenters. The van der Waals surface area contributed by atoms with Crippen LogP contribution in [0.15, 0.2) is 30.3 Å². The minimum absolute atomic E-state index is 0.0353. The van der Waals surface area contributed by atoms with Crippen LogP contribution in [-0.2, 0) is 14.8 Å². The minimum Gasteiger partial charge on any atom is -0.352 e. The lowest BCUT2D eigenvalue weighted by molar-refractivity contribution is -0.121. The first-order valence-corrected chi connectivity index (χ1v) is 10.9. The molecule has 1 aliphatic rings. The first-order chi connectivity index (χ1) is 12.4. The van der Waals surface area contributed by atoms with Crippen LogP contribution in [0.1, 0.15) is 55.8 Å². The zero-order valence-corrected chi connectivity index (χ0v) is 16.1. The quantitative estimate of drug-likeness (QED) is 0.702. The van der Waals surface area contributed by atoms with Gasteiger partial charge in [-0.25, -0.2) is 8.42 Å². The van der Waals surface area contributed by atoms with Gasteiger partial charge in [-0.1, -0.05) is 36.8 Å². The van der Waals surface area contributed by atoms with Crippen molar-refractivity contribution in [2.75, 3.05) is 18.8 Å². The van der Waals surface area contributed by atoms with Crippen LogP contribution < -0.4 is 5.32 Å². The molecule has 1 aromatic carbocycles. The van der Waals surface area contributed by atoms with Crippen molar-refractivity contribution in [3.63, 3.8) is 0 Å². The first-order valence-electron chi connectivity index (χ1n) is 9.28. The molecule has 26 heavy (non-hydrogen) atoms. The highest BCUT2D eigenvalue weighted by atomic mass is 32.2. The number of carbonyl (C=O) groups excluding carboxylic acids is 2. The highest BCUT2D eigenvalue weighted by molar-refractivity contribution is 7.89. The summed E-state index contributed by atoms with van der Waals surface area (Å²) in [6.07, 6.45) is 3.59. The predicted octanol–water partition coefficient (Wildman–Crippen LogP) is 2.36. The molecular formula is C19H28N2O4S. The number of hydrogen-bond acceptors (Lipinski definition) is 4. The molecule has 1 N–H and O–H groups in total. The largest absolute Gasteiger partial charge is 0.352 e. The molecule has 7 heteroatoms. The van der Waals surface area contributed by atoms with Crippen molar-refractivity contribution in [2.24, 2.45) is 0 Å². The Morgan fingerprint density at radius 3 is 2.58 bits per heavy atom. The molecule has 6 nitrogen and oxygen atoms in total. The van der Waals surface area contributed by atoms with Gasteiger partial charge in [-0.2, -0.15) is 4.31 Å². The minimum atomic E-state index is -3.23. The Morgan fingerprint density at radius 1 is 1.15 bits per heavy atom. The molecule has 1 unspecified atom stereocenters. The third-order valence-electron chi connectivity index (χ3n) is 4.66. The van der Waals surface area contributed by atoms with Gasteiger partial charge >= 0.3 is 0 Å². The first kappa shape index (κ1) is 20.6. The van der Waals surface area contributed by atoms with Crippen LogP contribution in [0, 0.1) is 0 Å². The van der Waals surface area contributed by atoms with Crippen molar-refractivity contribution in [1.82, 2.24) is 9.62 Å². The van der Waals surface area contributed by atoms with E-state index in [9.17, 15) is 18.0 Å². The van der Waals surface area contributed by atoms with Crippen LogP contribution >= 0.6 is 0 Å². The Bertz CT molecular complexity index is 704. The fourth-order valence-corrected chi connectivity index (χ4v) is 4.32. The summed E-state index contributed by atoms with van der Waals surface area (Å²) in [5, 5.41) is 2.94. The second-order valence-electron chi connectivity index (χ2n) is 6.66. The number of ketones is 1. The highest BCUT2D eigenvalue weighted by Gasteiger charge is 2.26. The van der Waals surface area contributed by atoms with Crippen LogP contribution in [0.3, 0.4) is 0 Å². The molecule has 1 aliphatic heterocycles. The predicted molar refractivity (Wildman–Crippen MR) is 101 cm³/mol. The molecule has 2 rings (SSSR count). The van der Waals surface area contributed by atoms with E-state index in [1.807, 2.05) is 18.2 Å². The van der Waals surface area contributed by atoms with E-state index < -0.39 is 10.0 Å². The molecule has 1 heterocycles. The van der Waals surface area contributed by atoms with Gasteiger partial charge in [0.1, 0.15) is 0 Å². The molecule has 144 valence electrons. The Labute approximate surface area is 156 Å². The van der Waals surface area contributed by atoms with Gasteiger partial charge in [0.2, 0.25) is 15.9 Å². The zero-order valence-electron chi connectivity index (χ0n) is 15.3. The van der Waals surface area contributed by atoms with E-state index in [0.717, 1.165) is 19.3 Å². The monoisotopic (exact) mass is 380 g/mol. The second-order valence-corrected chi connectivity index (χ2v) is 8.92. The lowest BCUT2D eigenvalue weighted by Gasteiger charge is -2.24. The Hall–Kier alpha value is -1.73. The fourth-order valence-electron chi connectivity index (χ4n) is 3.14. The maximum Gasteiger partial charge on any atom is 0.220 e. The second kappa shape index (κ2) is 9.83. The van der Waals surface area contributed by atoms with Crippen LogP contribution in [0.4, 0.5) is 0 Å². The third-order valence-corrected chi connectivity index (χ3v) is 6.51. The number of hydrogen-bond donors (Lipinski definition) is 1. The van der Waals surface area contributed by atoms with E-state index >= 15 is 0 Å². The molecule has 0 saturated carbocycles. The molecule has 1 aromatic rings. The van der Waals surface area contributed by atoms with Crippen LogP contribution in [0.25, 0.3) is 0 Å². The van der Waals surface area contributed by atoms with Crippen molar-refractivity contribution in [3.8, 4) is 0 Å². The Kier molecular flexibility index (Phi) is 7.78. The van der Waals surface area contributed by atoms with E-state index in [0.29, 0.717) is 31.5 Å². The lowest BCUT2D eigenvalue weighted by Crippen LogP contribution is -2.45. The van der Waals surface area contributed by atoms with Crippen molar-refractivity contribution in [2.45, 2.75) is 51.5 Å². The van der Waals surface area contributed by atoms with E-state index in [1.165, 1.54) is 4.31 Å². The van der Waals surface area contributed by atoms with E-state index in [4.69, 9.17) is 0 Å². The van der Waals surface area contributed by atoms with Crippen LogP contribution in [-0.4, -0.2) is 49.3 Å². The number of nitrogens with one attached hydrogen (secondary N) is 1. The summed E-state index contributed by atoms with van der Waals surface area (Å²) in [4.78, 5) is 24.2. The normalized spacial score (nSPS) is 18.9. The van der Waals surface area contributed by atoms with Gasteiger partial charge in [-0.3, -0.25) is 9.59 Å². The summed E-state index contributed by atoms with van der Waals surface area (Å²) in [7, 11) is -3.23. The van der Waals surface area contributed by atoms with Crippen molar-refractivity contribution in [1.29, 1.82) is 0 Å². The maximum atomic E-state index is 12.2. The van der Waals surface area contributed by atoms with Crippen molar-refractivity contribution < 1.29 is 18.0 Å². The Balaban J connectivity index is 1.78. The average Bonchev–Trinajstić information content (AvgIpc) is 2.88. The van der Waals surface area contributed by atoms with Gasteiger partial charge in [0.05, 0.1) is 5.75 Å². The van der Waals surface area contributed by atoms with Gasteiger partial charge in [-0.05, 0) is 26.2 Å². The van der Waals surface area contributed by atoms with Crippen LogP contribution in [0.5, 0.6) is 0 Å². The number of amides is 1. The molecule has 0 spiro atoms. The molecular weight excluding hydrogens is 352 g/mol. The van der Waals surface area contributed by atoms with Gasteiger partial charge in [0.25, 0.3) is 0 Å². The molecule has 1 saturated heterocycles. The maximum absolute atomic E-state index is 12.2. The molecule has 0 radical (unpaired) electrons. The number of Topliss-reactive ketones (excluding diaryl/α,β-unsaturated/α-hetero) is 1. The zero-order chi connectivity index (χ0) is 19.0. The fraction of sp³-hybridized carbons (Fsp3) is 0.579. The number of benzene rings is 1. The summed E-state index contributed by atoms with van der Waals surface area (Å²) in [5.41, 5.74) is 0.664. The summed E-state index contributed by atoms with van der Waals surface area (Å²) in [6, 6.07) is 8.90. The smallest absolute Gasteiger partial charge is 0.220 e. The lowest BCUT2D eigenvalue weighted by atomic mass is 10.1. The molecule has 0 bridgehead atoms. The Morgan fingerprint density at radius 2 is 1.88 bits per heavy atom. The van der Waals surface area contributed by atoms with Gasteiger partial charge < -0.3 is 5.32 Å².